The zero-order valence-electron chi connectivity index (χ0n) is 11.5. The van der Waals surface area contributed by atoms with Crippen molar-refractivity contribution >= 4 is 21.6 Å². The van der Waals surface area contributed by atoms with Crippen LogP contribution in [-0.2, 0) is 16.4 Å². The third kappa shape index (κ3) is 6.95. The molecule has 0 aliphatic carbocycles. The molecule has 3 nitrogen and oxygen atoms in total. The van der Waals surface area contributed by atoms with Crippen LogP contribution < -0.4 is 4.72 Å². The Balaban J connectivity index is 2.56. The monoisotopic (exact) mass is 303 g/mol. The molecule has 0 fully saturated rings. The maximum absolute atomic E-state index is 11.9. The second kappa shape index (κ2) is 7.88. The number of alkyl halides is 1. The van der Waals surface area contributed by atoms with Crippen molar-refractivity contribution in [3.63, 3.8) is 0 Å². The molecule has 0 amide bonds. The first kappa shape index (κ1) is 16.5. The highest BCUT2D eigenvalue weighted by molar-refractivity contribution is 7.89. The lowest BCUT2D eigenvalue weighted by Gasteiger charge is -2.16. The third-order valence-electron chi connectivity index (χ3n) is 2.82. The summed E-state index contributed by atoms with van der Waals surface area (Å²) in [4.78, 5) is 0. The molecule has 1 atom stereocenters. The second-order valence-electron chi connectivity index (χ2n) is 5.16. The Morgan fingerprint density at radius 3 is 2.37 bits per heavy atom. The highest BCUT2D eigenvalue weighted by atomic mass is 35.5. The van der Waals surface area contributed by atoms with Gasteiger partial charge in [-0.05, 0) is 24.3 Å². The van der Waals surface area contributed by atoms with E-state index in [0.29, 0.717) is 18.8 Å². The molecule has 1 N–H and O–H groups in total. The maximum Gasteiger partial charge on any atom is 0.211 e. The summed E-state index contributed by atoms with van der Waals surface area (Å²) >= 11 is 5.86. The number of benzene rings is 1. The normalized spacial score (nSPS) is 13.7. The lowest BCUT2D eigenvalue weighted by Crippen LogP contribution is -2.39. The first-order valence-electron chi connectivity index (χ1n) is 6.53. The van der Waals surface area contributed by atoms with Crippen LogP contribution in [0, 0.1) is 5.92 Å². The molecule has 1 aromatic rings. The summed E-state index contributed by atoms with van der Waals surface area (Å²) in [5, 5.41) is 0. The maximum atomic E-state index is 11.9. The second-order valence-corrected chi connectivity index (χ2v) is 7.34. The lowest BCUT2D eigenvalue weighted by molar-refractivity contribution is 0.546. The Labute approximate surface area is 121 Å². The first-order chi connectivity index (χ1) is 8.93. The number of hydrogen-bond donors (Lipinski definition) is 1. The Kier molecular flexibility index (Phi) is 6.83. The fraction of sp³-hybridized carbons (Fsp3) is 0.571. The minimum Gasteiger partial charge on any atom is -0.212 e. The molecule has 0 aromatic heterocycles. The fourth-order valence-electron chi connectivity index (χ4n) is 1.73. The van der Waals surface area contributed by atoms with Gasteiger partial charge in [-0.1, -0.05) is 44.2 Å². The zero-order chi connectivity index (χ0) is 14.3. The van der Waals surface area contributed by atoms with Crippen LogP contribution in [0.15, 0.2) is 30.3 Å². The van der Waals surface area contributed by atoms with Crippen molar-refractivity contribution in [2.45, 2.75) is 32.7 Å². The summed E-state index contributed by atoms with van der Waals surface area (Å²) in [6, 6.07) is 9.51. The van der Waals surface area contributed by atoms with Crippen LogP contribution >= 0.6 is 11.6 Å². The van der Waals surface area contributed by atoms with Gasteiger partial charge in [0.1, 0.15) is 0 Å². The number of halogens is 1. The van der Waals surface area contributed by atoms with Crippen LogP contribution in [0.3, 0.4) is 0 Å². The first-order valence-corrected chi connectivity index (χ1v) is 8.71. The topological polar surface area (TPSA) is 46.2 Å². The molecule has 1 unspecified atom stereocenters. The predicted molar refractivity (Wildman–Crippen MR) is 81.0 cm³/mol. The molecule has 0 radical (unpaired) electrons. The van der Waals surface area contributed by atoms with Crippen LogP contribution in [-0.4, -0.2) is 26.1 Å². The van der Waals surface area contributed by atoms with E-state index in [4.69, 9.17) is 11.6 Å². The fourth-order valence-corrected chi connectivity index (χ4v) is 3.58. The molecule has 0 aliphatic rings. The van der Waals surface area contributed by atoms with E-state index < -0.39 is 10.0 Å². The average molecular weight is 304 g/mol. The molecule has 108 valence electrons. The van der Waals surface area contributed by atoms with Crippen molar-refractivity contribution in [3.05, 3.63) is 35.9 Å². The standard InChI is InChI=1S/C14H22ClNO2S/c1-12(2)8-9-19(17,18)16-14(11-15)10-13-6-4-3-5-7-13/h3-7,12,14,16H,8-11H2,1-2H3. The van der Waals surface area contributed by atoms with E-state index in [-0.39, 0.29) is 17.7 Å². The Bertz CT molecular complexity index is 460. The van der Waals surface area contributed by atoms with Gasteiger partial charge in [0.05, 0.1) is 5.75 Å². The van der Waals surface area contributed by atoms with Crippen molar-refractivity contribution in [1.29, 1.82) is 0 Å². The van der Waals surface area contributed by atoms with E-state index in [1.807, 2.05) is 44.2 Å². The largest absolute Gasteiger partial charge is 0.212 e. The van der Waals surface area contributed by atoms with Gasteiger partial charge < -0.3 is 0 Å². The van der Waals surface area contributed by atoms with Crippen LogP contribution in [0.4, 0.5) is 0 Å². The van der Waals surface area contributed by atoms with Crippen LogP contribution in [0.5, 0.6) is 0 Å². The summed E-state index contributed by atoms with van der Waals surface area (Å²) in [5.41, 5.74) is 1.08. The van der Waals surface area contributed by atoms with E-state index >= 15 is 0 Å². The molecule has 0 bridgehead atoms. The van der Waals surface area contributed by atoms with Gasteiger partial charge in [-0.2, -0.15) is 0 Å². The molecular weight excluding hydrogens is 282 g/mol. The zero-order valence-corrected chi connectivity index (χ0v) is 13.0. The van der Waals surface area contributed by atoms with E-state index in [9.17, 15) is 8.42 Å². The van der Waals surface area contributed by atoms with Gasteiger partial charge in [-0.15, -0.1) is 11.6 Å². The van der Waals surface area contributed by atoms with Crippen LogP contribution in [0.1, 0.15) is 25.8 Å². The van der Waals surface area contributed by atoms with Gasteiger partial charge >= 0.3 is 0 Å². The molecule has 0 aliphatic heterocycles. The molecular formula is C14H22ClNO2S. The molecule has 19 heavy (non-hydrogen) atoms. The summed E-state index contributed by atoms with van der Waals surface area (Å²) < 4.78 is 26.5. The number of sulfonamides is 1. The summed E-state index contributed by atoms with van der Waals surface area (Å²) in [6.07, 6.45) is 1.28. The van der Waals surface area contributed by atoms with Crippen molar-refractivity contribution < 1.29 is 8.42 Å². The smallest absolute Gasteiger partial charge is 0.211 e. The predicted octanol–water partition coefficient (Wildman–Crippen LogP) is 2.80. The summed E-state index contributed by atoms with van der Waals surface area (Å²) in [5.74, 6) is 0.808. The molecule has 0 saturated heterocycles. The number of nitrogens with one attached hydrogen (secondary N) is 1. The average Bonchev–Trinajstić information content (AvgIpc) is 2.37. The minimum atomic E-state index is -3.24. The lowest BCUT2D eigenvalue weighted by atomic mass is 10.1. The quantitative estimate of drug-likeness (QED) is 0.751. The van der Waals surface area contributed by atoms with Gasteiger partial charge in [0.2, 0.25) is 10.0 Å². The number of rotatable bonds is 8. The Morgan fingerprint density at radius 2 is 1.84 bits per heavy atom. The van der Waals surface area contributed by atoms with Crippen LogP contribution in [0.2, 0.25) is 0 Å². The molecule has 0 heterocycles. The highest BCUT2D eigenvalue weighted by Crippen LogP contribution is 2.07. The van der Waals surface area contributed by atoms with Gasteiger partial charge in [0.25, 0.3) is 0 Å². The Hall–Kier alpha value is -0.580. The van der Waals surface area contributed by atoms with E-state index in [0.717, 1.165) is 5.56 Å². The van der Waals surface area contributed by atoms with Crippen LogP contribution in [0.25, 0.3) is 0 Å². The van der Waals surface area contributed by atoms with Crippen molar-refractivity contribution in [2.24, 2.45) is 5.92 Å². The summed E-state index contributed by atoms with van der Waals surface area (Å²) in [6.45, 7) is 4.02. The molecule has 0 saturated carbocycles. The van der Waals surface area contributed by atoms with Crippen molar-refractivity contribution in [1.82, 2.24) is 4.72 Å². The number of hydrogen-bond acceptors (Lipinski definition) is 2. The molecule has 0 spiro atoms. The Morgan fingerprint density at radius 1 is 1.21 bits per heavy atom. The van der Waals surface area contributed by atoms with E-state index in [2.05, 4.69) is 4.72 Å². The van der Waals surface area contributed by atoms with Gasteiger partial charge in [0, 0.05) is 11.9 Å². The highest BCUT2D eigenvalue weighted by Gasteiger charge is 2.17. The van der Waals surface area contributed by atoms with Crippen molar-refractivity contribution in [3.8, 4) is 0 Å². The van der Waals surface area contributed by atoms with Gasteiger partial charge in [0.15, 0.2) is 0 Å². The molecule has 1 rings (SSSR count). The SMILES string of the molecule is CC(C)CCS(=O)(=O)NC(CCl)Cc1ccccc1. The summed E-state index contributed by atoms with van der Waals surface area (Å²) in [7, 11) is -3.24. The van der Waals surface area contributed by atoms with E-state index in [1.165, 1.54) is 0 Å². The minimum absolute atomic E-state index is 0.160. The van der Waals surface area contributed by atoms with Gasteiger partial charge in [-0.25, -0.2) is 13.1 Å². The molecule has 5 heteroatoms. The van der Waals surface area contributed by atoms with E-state index in [1.54, 1.807) is 0 Å². The third-order valence-corrected chi connectivity index (χ3v) is 4.66. The molecule has 1 aromatic carbocycles. The van der Waals surface area contributed by atoms with Gasteiger partial charge in [-0.3, -0.25) is 0 Å². The van der Waals surface area contributed by atoms with Crippen molar-refractivity contribution in [2.75, 3.05) is 11.6 Å².